The third-order valence-electron chi connectivity index (χ3n) is 2.82. The Hall–Kier alpha value is -1.63. The summed E-state index contributed by atoms with van der Waals surface area (Å²) >= 11 is 0. The molecule has 2 rings (SSSR count). The molecule has 1 fully saturated rings. The second kappa shape index (κ2) is 4.48. The van der Waals surface area contributed by atoms with E-state index in [1.165, 1.54) is 0 Å². The number of hydrogen-bond acceptors (Lipinski definition) is 5. The summed E-state index contributed by atoms with van der Waals surface area (Å²) in [6.45, 7) is 1.59. The summed E-state index contributed by atoms with van der Waals surface area (Å²) in [6.07, 6.45) is 1.67. The van der Waals surface area contributed by atoms with Crippen molar-refractivity contribution in [3.05, 3.63) is 20.8 Å². The van der Waals surface area contributed by atoms with Crippen LogP contribution in [0.4, 0.5) is 5.82 Å². The second-order valence-corrected chi connectivity index (χ2v) is 3.94. The van der Waals surface area contributed by atoms with Gasteiger partial charge >= 0.3 is 5.69 Å². The average molecular weight is 226 g/mol. The van der Waals surface area contributed by atoms with Crippen molar-refractivity contribution in [2.45, 2.75) is 12.8 Å². The van der Waals surface area contributed by atoms with E-state index in [2.05, 4.69) is 15.2 Å². The van der Waals surface area contributed by atoms with Gasteiger partial charge in [0.25, 0.3) is 5.56 Å². The van der Waals surface area contributed by atoms with Crippen LogP contribution in [0.1, 0.15) is 12.8 Å². The van der Waals surface area contributed by atoms with Crippen LogP contribution in [0, 0.1) is 5.92 Å². The first-order chi connectivity index (χ1) is 7.70. The van der Waals surface area contributed by atoms with E-state index in [0.717, 1.165) is 19.4 Å². The van der Waals surface area contributed by atoms with Crippen molar-refractivity contribution in [2.24, 2.45) is 5.92 Å². The highest BCUT2D eigenvalue weighted by molar-refractivity contribution is 5.35. The van der Waals surface area contributed by atoms with Crippen LogP contribution >= 0.6 is 0 Å². The van der Waals surface area contributed by atoms with Gasteiger partial charge in [0.2, 0.25) is 5.82 Å². The highest BCUT2D eigenvalue weighted by Gasteiger charge is 2.24. The molecule has 3 N–H and O–H groups in total. The molecule has 1 aromatic heterocycles. The molecule has 2 heterocycles. The van der Waals surface area contributed by atoms with E-state index >= 15 is 0 Å². The van der Waals surface area contributed by atoms with Gasteiger partial charge < -0.3 is 10.0 Å². The Morgan fingerprint density at radius 2 is 2.31 bits per heavy atom. The molecule has 0 aromatic carbocycles. The number of aromatic amines is 2. The molecule has 1 unspecified atom stereocenters. The van der Waals surface area contributed by atoms with Crippen LogP contribution in [0.3, 0.4) is 0 Å². The predicted octanol–water partition coefficient (Wildman–Crippen LogP) is -1.33. The molecule has 0 bridgehead atoms. The molecular weight excluding hydrogens is 212 g/mol. The lowest BCUT2D eigenvalue weighted by Gasteiger charge is -2.15. The molecule has 1 atom stereocenters. The standard InChI is InChI=1S/C9H14N4O3/c14-4-2-6-1-3-13(5-6)7-8(15)10-9(16)12-11-7/h6,14H,1-5H2,(H2,10,12,15,16). The smallest absolute Gasteiger partial charge is 0.342 e. The number of nitrogens with one attached hydrogen (secondary N) is 2. The number of nitrogens with zero attached hydrogens (tertiary/aromatic N) is 2. The molecule has 0 radical (unpaired) electrons. The molecule has 88 valence electrons. The van der Waals surface area contributed by atoms with Crippen molar-refractivity contribution in [2.75, 3.05) is 24.6 Å². The van der Waals surface area contributed by atoms with E-state index in [9.17, 15) is 9.59 Å². The zero-order valence-electron chi connectivity index (χ0n) is 8.77. The van der Waals surface area contributed by atoms with Crippen molar-refractivity contribution < 1.29 is 5.11 Å². The molecule has 1 aliphatic rings. The Kier molecular flexibility index (Phi) is 3.04. The Morgan fingerprint density at radius 1 is 1.50 bits per heavy atom. The van der Waals surface area contributed by atoms with E-state index < -0.39 is 11.2 Å². The van der Waals surface area contributed by atoms with Gasteiger partial charge in [-0.3, -0.25) is 9.78 Å². The number of rotatable bonds is 3. The van der Waals surface area contributed by atoms with Gasteiger partial charge in [-0.25, -0.2) is 9.89 Å². The molecule has 1 saturated heterocycles. The lowest BCUT2D eigenvalue weighted by atomic mass is 10.1. The van der Waals surface area contributed by atoms with Crippen molar-refractivity contribution in [1.29, 1.82) is 0 Å². The molecule has 1 aliphatic heterocycles. The molecule has 0 amide bonds. The number of anilines is 1. The first-order valence-electron chi connectivity index (χ1n) is 5.25. The van der Waals surface area contributed by atoms with Gasteiger partial charge in [-0.2, -0.15) is 0 Å². The summed E-state index contributed by atoms with van der Waals surface area (Å²) in [5, 5.41) is 14.8. The third kappa shape index (κ3) is 2.13. The van der Waals surface area contributed by atoms with Crippen LogP contribution in [0.25, 0.3) is 0 Å². The average Bonchev–Trinajstić information content (AvgIpc) is 2.67. The molecule has 16 heavy (non-hydrogen) atoms. The molecule has 0 spiro atoms. The van der Waals surface area contributed by atoms with Gasteiger partial charge in [0.1, 0.15) is 0 Å². The summed E-state index contributed by atoms with van der Waals surface area (Å²) < 4.78 is 0. The topological polar surface area (TPSA) is 102 Å². The maximum absolute atomic E-state index is 11.5. The number of aromatic nitrogens is 3. The van der Waals surface area contributed by atoms with Crippen LogP contribution in [0.2, 0.25) is 0 Å². The third-order valence-corrected chi connectivity index (χ3v) is 2.82. The molecule has 0 aliphatic carbocycles. The Labute approximate surface area is 91.1 Å². The normalized spacial score (nSPS) is 20.3. The van der Waals surface area contributed by atoms with Crippen LogP contribution < -0.4 is 16.1 Å². The number of aliphatic hydroxyl groups excluding tert-OH is 1. The minimum absolute atomic E-state index is 0.161. The number of H-pyrrole nitrogens is 2. The van der Waals surface area contributed by atoms with Crippen LogP contribution in [-0.2, 0) is 0 Å². The van der Waals surface area contributed by atoms with Crippen molar-refractivity contribution in [1.82, 2.24) is 15.2 Å². The Balaban J connectivity index is 2.14. The van der Waals surface area contributed by atoms with Crippen LogP contribution in [-0.4, -0.2) is 40.0 Å². The highest BCUT2D eigenvalue weighted by Crippen LogP contribution is 2.21. The van der Waals surface area contributed by atoms with Crippen molar-refractivity contribution >= 4 is 5.82 Å². The molecule has 0 saturated carbocycles. The van der Waals surface area contributed by atoms with E-state index in [1.807, 2.05) is 4.90 Å². The van der Waals surface area contributed by atoms with Gasteiger partial charge in [0.05, 0.1) is 0 Å². The van der Waals surface area contributed by atoms with Gasteiger partial charge in [-0.05, 0) is 18.8 Å². The second-order valence-electron chi connectivity index (χ2n) is 3.94. The SMILES string of the molecule is O=c1[nH]nc(N2CCC(CCO)C2)c(=O)[nH]1. The lowest BCUT2D eigenvalue weighted by Crippen LogP contribution is -2.33. The van der Waals surface area contributed by atoms with Crippen molar-refractivity contribution in [3.8, 4) is 0 Å². The molecule has 7 heteroatoms. The molecular formula is C9H14N4O3. The molecule has 7 nitrogen and oxygen atoms in total. The quantitative estimate of drug-likeness (QED) is 0.592. The summed E-state index contributed by atoms with van der Waals surface area (Å²) in [5.74, 6) is 0.637. The van der Waals surface area contributed by atoms with Gasteiger partial charge in [0, 0.05) is 19.7 Å². The predicted molar refractivity (Wildman–Crippen MR) is 57.5 cm³/mol. The maximum Gasteiger partial charge on any atom is 0.342 e. The van der Waals surface area contributed by atoms with Gasteiger partial charge in [0.15, 0.2) is 0 Å². The molecule has 1 aromatic rings. The van der Waals surface area contributed by atoms with Crippen LogP contribution in [0.15, 0.2) is 9.59 Å². The fourth-order valence-electron chi connectivity index (χ4n) is 2.00. The zero-order chi connectivity index (χ0) is 11.5. The first kappa shape index (κ1) is 10.9. The number of aliphatic hydroxyl groups is 1. The van der Waals surface area contributed by atoms with E-state index in [4.69, 9.17) is 5.11 Å². The summed E-state index contributed by atoms with van der Waals surface area (Å²) in [7, 11) is 0. The monoisotopic (exact) mass is 226 g/mol. The summed E-state index contributed by atoms with van der Waals surface area (Å²) in [6, 6.07) is 0. The van der Waals surface area contributed by atoms with E-state index in [1.54, 1.807) is 0 Å². The fraction of sp³-hybridized carbons (Fsp3) is 0.667. The Morgan fingerprint density at radius 3 is 3.00 bits per heavy atom. The minimum atomic E-state index is -0.597. The van der Waals surface area contributed by atoms with E-state index in [0.29, 0.717) is 12.5 Å². The highest BCUT2D eigenvalue weighted by atomic mass is 16.3. The lowest BCUT2D eigenvalue weighted by molar-refractivity contribution is 0.263. The fourth-order valence-corrected chi connectivity index (χ4v) is 2.00. The van der Waals surface area contributed by atoms with E-state index in [-0.39, 0.29) is 12.4 Å². The first-order valence-corrected chi connectivity index (χ1v) is 5.25. The Bertz CT molecular complexity index is 466. The largest absolute Gasteiger partial charge is 0.396 e. The maximum atomic E-state index is 11.5. The minimum Gasteiger partial charge on any atom is -0.396 e. The van der Waals surface area contributed by atoms with Gasteiger partial charge in [-0.15, -0.1) is 5.10 Å². The van der Waals surface area contributed by atoms with Crippen molar-refractivity contribution in [3.63, 3.8) is 0 Å². The van der Waals surface area contributed by atoms with Gasteiger partial charge in [-0.1, -0.05) is 0 Å². The summed E-state index contributed by atoms with van der Waals surface area (Å²) in [4.78, 5) is 26.2. The summed E-state index contributed by atoms with van der Waals surface area (Å²) in [5.41, 5.74) is -1.06. The number of hydrogen-bond donors (Lipinski definition) is 3. The van der Waals surface area contributed by atoms with Crippen LogP contribution in [0.5, 0.6) is 0 Å². The zero-order valence-corrected chi connectivity index (χ0v) is 8.77.